The summed E-state index contributed by atoms with van der Waals surface area (Å²) >= 11 is 0. The molecule has 3 nitrogen and oxygen atoms in total. The van der Waals surface area contributed by atoms with Gasteiger partial charge in [-0.2, -0.15) is 13.2 Å². The Balaban J connectivity index is 2.64. The number of hydrogen-bond acceptors (Lipinski definition) is 2. The van der Waals surface area contributed by atoms with Gasteiger partial charge in [0.25, 0.3) is 0 Å². The molecule has 0 fully saturated rings. The maximum atomic E-state index is 12.2. The summed E-state index contributed by atoms with van der Waals surface area (Å²) in [6.07, 6.45) is -5.18. The molecule has 0 aliphatic heterocycles. The molecule has 20 heavy (non-hydrogen) atoms. The number of alkyl halides is 3. The van der Waals surface area contributed by atoms with Gasteiger partial charge in [0.1, 0.15) is 0 Å². The zero-order valence-electron chi connectivity index (χ0n) is 11.3. The molecule has 0 aliphatic carbocycles. The second kappa shape index (κ2) is 7.17. The molecule has 0 amide bonds. The maximum absolute atomic E-state index is 12.2. The molecular weight excluding hydrogens is 271 g/mol. The average molecular weight is 289 g/mol. The highest BCUT2D eigenvalue weighted by Gasteiger charge is 2.26. The molecule has 1 aromatic carbocycles. The summed E-state index contributed by atoms with van der Waals surface area (Å²) in [7, 11) is 0. The predicted octanol–water partition coefficient (Wildman–Crippen LogP) is 3.62. The lowest BCUT2D eigenvalue weighted by Gasteiger charge is -2.24. The summed E-state index contributed by atoms with van der Waals surface area (Å²) in [6, 6.07) is 7.30. The third-order valence-corrected chi connectivity index (χ3v) is 2.88. The van der Waals surface area contributed by atoms with Gasteiger partial charge in [0.15, 0.2) is 0 Å². The van der Waals surface area contributed by atoms with E-state index in [0.29, 0.717) is 0 Å². The Morgan fingerprint density at radius 2 is 1.80 bits per heavy atom. The first-order valence-electron chi connectivity index (χ1n) is 6.38. The van der Waals surface area contributed by atoms with Crippen LogP contribution in [0.5, 0.6) is 0 Å². The number of nitrogens with zero attached hydrogens (tertiary/aromatic N) is 1. The molecule has 0 atom stereocenters. The van der Waals surface area contributed by atoms with Crippen molar-refractivity contribution in [1.29, 1.82) is 0 Å². The van der Waals surface area contributed by atoms with E-state index in [0.717, 1.165) is 11.3 Å². The normalized spacial score (nSPS) is 11.4. The number of aliphatic carboxylic acids is 1. The topological polar surface area (TPSA) is 40.5 Å². The standard InChI is InChI=1S/C14H18F3NO2/c1-11-3-5-12(6-4-11)18(10-7-13(19)20)9-2-8-14(15,16)17/h3-6H,2,7-10H2,1H3,(H,19,20). The van der Waals surface area contributed by atoms with Crippen molar-refractivity contribution in [2.75, 3.05) is 18.0 Å². The monoisotopic (exact) mass is 289 g/mol. The second-order valence-electron chi connectivity index (χ2n) is 4.69. The number of halogens is 3. The minimum Gasteiger partial charge on any atom is -0.481 e. The number of carboxylic acid groups (broad SMARTS) is 1. The van der Waals surface area contributed by atoms with E-state index < -0.39 is 18.6 Å². The van der Waals surface area contributed by atoms with Crippen LogP contribution in [0, 0.1) is 6.92 Å². The summed E-state index contributed by atoms with van der Waals surface area (Å²) in [6.45, 7) is 2.31. The molecule has 112 valence electrons. The number of rotatable bonds is 7. The Kier molecular flexibility index (Phi) is 5.85. The van der Waals surface area contributed by atoms with Crippen LogP contribution in [0.4, 0.5) is 18.9 Å². The third-order valence-electron chi connectivity index (χ3n) is 2.88. The molecule has 6 heteroatoms. The minimum atomic E-state index is -4.17. The Bertz CT molecular complexity index is 429. The fourth-order valence-electron chi connectivity index (χ4n) is 1.83. The van der Waals surface area contributed by atoms with E-state index in [1.54, 1.807) is 17.0 Å². The van der Waals surface area contributed by atoms with Crippen molar-refractivity contribution in [1.82, 2.24) is 0 Å². The van der Waals surface area contributed by atoms with E-state index in [4.69, 9.17) is 5.11 Å². The number of aryl methyl sites for hydroxylation is 1. The van der Waals surface area contributed by atoms with Crippen LogP contribution in [-0.2, 0) is 4.79 Å². The summed E-state index contributed by atoms with van der Waals surface area (Å²) in [5.74, 6) is -0.960. The molecule has 1 aromatic rings. The highest BCUT2D eigenvalue weighted by molar-refractivity contribution is 5.67. The zero-order valence-corrected chi connectivity index (χ0v) is 11.3. The van der Waals surface area contributed by atoms with Gasteiger partial charge in [0.2, 0.25) is 0 Å². The maximum Gasteiger partial charge on any atom is 0.389 e. The van der Waals surface area contributed by atoms with E-state index in [1.807, 2.05) is 19.1 Å². The van der Waals surface area contributed by atoms with Crippen LogP contribution in [0.15, 0.2) is 24.3 Å². The van der Waals surface area contributed by atoms with Crippen molar-refractivity contribution in [3.63, 3.8) is 0 Å². The largest absolute Gasteiger partial charge is 0.481 e. The van der Waals surface area contributed by atoms with E-state index in [9.17, 15) is 18.0 Å². The van der Waals surface area contributed by atoms with Crippen molar-refractivity contribution in [3.8, 4) is 0 Å². The average Bonchev–Trinajstić information content (AvgIpc) is 2.33. The molecular formula is C14H18F3NO2. The molecule has 0 unspecified atom stereocenters. The molecule has 1 N–H and O–H groups in total. The van der Waals surface area contributed by atoms with Crippen LogP contribution >= 0.6 is 0 Å². The van der Waals surface area contributed by atoms with Crippen LogP contribution in [0.1, 0.15) is 24.8 Å². The van der Waals surface area contributed by atoms with Gasteiger partial charge in [-0.15, -0.1) is 0 Å². The fourth-order valence-corrected chi connectivity index (χ4v) is 1.83. The summed E-state index contributed by atoms with van der Waals surface area (Å²) < 4.78 is 36.5. The van der Waals surface area contributed by atoms with Crippen LogP contribution in [0.3, 0.4) is 0 Å². The molecule has 0 saturated heterocycles. The summed E-state index contributed by atoms with van der Waals surface area (Å²) in [5.41, 5.74) is 1.79. The van der Waals surface area contributed by atoms with Gasteiger partial charge in [-0.25, -0.2) is 0 Å². The van der Waals surface area contributed by atoms with Gasteiger partial charge in [0, 0.05) is 25.2 Å². The predicted molar refractivity (Wildman–Crippen MR) is 70.9 cm³/mol. The first kappa shape index (κ1) is 16.3. The molecule has 0 saturated carbocycles. The Morgan fingerprint density at radius 3 is 2.30 bits per heavy atom. The van der Waals surface area contributed by atoms with E-state index >= 15 is 0 Å². The van der Waals surface area contributed by atoms with Crippen molar-refractivity contribution in [2.24, 2.45) is 0 Å². The lowest BCUT2D eigenvalue weighted by atomic mass is 10.2. The molecule has 0 radical (unpaired) electrons. The van der Waals surface area contributed by atoms with Crippen LogP contribution in [-0.4, -0.2) is 30.3 Å². The highest BCUT2D eigenvalue weighted by Crippen LogP contribution is 2.23. The van der Waals surface area contributed by atoms with E-state index in [1.165, 1.54) is 0 Å². The number of anilines is 1. The Morgan fingerprint density at radius 1 is 1.20 bits per heavy atom. The van der Waals surface area contributed by atoms with Crippen molar-refractivity contribution in [2.45, 2.75) is 32.4 Å². The molecule has 1 rings (SSSR count). The van der Waals surface area contributed by atoms with Gasteiger partial charge in [0.05, 0.1) is 6.42 Å². The quantitative estimate of drug-likeness (QED) is 0.833. The smallest absolute Gasteiger partial charge is 0.389 e. The Hall–Kier alpha value is -1.72. The molecule has 0 heterocycles. The molecule has 0 aliphatic rings. The van der Waals surface area contributed by atoms with Gasteiger partial charge in [-0.05, 0) is 25.5 Å². The van der Waals surface area contributed by atoms with Crippen molar-refractivity contribution >= 4 is 11.7 Å². The minimum absolute atomic E-state index is 0.0446. The van der Waals surface area contributed by atoms with Gasteiger partial charge in [-0.3, -0.25) is 4.79 Å². The highest BCUT2D eigenvalue weighted by atomic mass is 19.4. The van der Waals surface area contributed by atoms with Crippen LogP contribution in [0.2, 0.25) is 0 Å². The lowest BCUT2D eigenvalue weighted by Crippen LogP contribution is -2.28. The SMILES string of the molecule is Cc1ccc(N(CCCC(F)(F)F)CCC(=O)O)cc1. The Labute approximate surface area is 116 Å². The molecule has 0 spiro atoms. The molecule has 0 aromatic heterocycles. The van der Waals surface area contributed by atoms with Crippen LogP contribution < -0.4 is 4.90 Å². The van der Waals surface area contributed by atoms with Gasteiger partial charge >= 0.3 is 12.1 Å². The van der Waals surface area contributed by atoms with Crippen molar-refractivity contribution in [3.05, 3.63) is 29.8 Å². The zero-order chi connectivity index (χ0) is 15.2. The molecule has 0 bridgehead atoms. The third kappa shape index (κ3) is 6.45. The van der Waals surface area contributed by atoms with Crippen molar-refractivity contribution < 1.29 is 23.1 Å². The first-order chi connectivity index (χ1) is 9.28. The second-order valence-corrected chi connectivity index (χ2v) is 4.69. The van der Waals surface area contributed by atoms with Gasteiger partial charge < -0.3 is 10.0 Å². The summed E-state index contributed by atoms with van der Waals surface area (Å²) in [5, 5.41) is 8.70. The van der Waals surface area contributed by atoms with Crippen LogP contribution in [0.25, 0.3) is 0 Å². The number of hydrogen-bond donors (Lipinski definition) is 1. The fraction of sp³-hybridized carbons (Fsp3) is 0.500. The number of carbonyl (C=O) groups is 1. The number of carboxylic acids is 1. The first-order valence-corrected chi connectivity index (χ1v) is 6.38. The summed E-state index contributed by atoms with van der Waals surface area (Å²) in [4.78, 5) is 12.3. The van der Waals surface area contributed by atoms with E-state index in [-0.39, 0.29) is 25.9 Å². The van der Waals surface area contributed by atoms with Gasteiger partial charge in [-0.1, -0.05) is 17.7 Å². The lowest BCUT2D eigenvalue weighted by molar-refractivity contribution is -0.137. The number of benzene rings is 1. The van der Waals surface area contributed by atoms with E-state index in [2.05, 4.69) is 0 Å².